The molecule has 0 radical (unpaired) electrons. The lowest BCUT2D eigenvalue weighted by molar-refractivity contribution is -0.0790. The number of halogens is 5. The van der Waals surface area contributed by atoms with E-state index in [1.807, 2.05) is 0 Å². The summed E-state index contributed by atoms with van der Waals surface area (Å²) in [5.74, 6) is 0.541. The highest BCUT2D eigenvalue weighted by Crippen LogP contribution is 2.44. The average Bonchev–Trinajstić information content (AvgIpc) is 2.73. The quantitative estimate of drug-likeness (QED) is 0.306. The van der Waals surface area contributed by atoms with Crippen molar-refractivity contribution in [3.05, 3.63) is 53.1 Å². The van der Waals surface area contributed by atoms with Crippen LogP contribution in [0.5, 0.6) is 0 Å². The fourth-order valence-electron chi connectivity index (χ4n) is 5.55. The van der Waals surface area contributed by atoms with Gasteiger partial charge in [-0.2, -0.15) is 13.2 Å². The van der Waals surface area contributed by atoms with Crippen LogP contribution >= 0.6 is 0 Å². The zero-order chi connectivity index (χ0) is 22.4. The number of rotatable bonds is 6. The molecule has 0 unspecified atom stereocenters. The van der Waals surface area contributed by atoms with E-state index in [0.29, 0.717) is 17.6 Å². The maximum atomic E-state index is 14.3. The topological polar surface area (TPSA) is 0 Å². The molecule has 31 heavy (non-hydrogen) atoms. The Morgan fingerprint density at radius 2 is 1.42 bits per heavy atom. The van der Waals surface area contributed by atoms with Gasteiger partial charge >= 0.3 is 6.18 Å². The highest BCUT2D eigenvalue weighted by Gasteiger charge is 2.31. The van der Waals surface area contributed by atoms with Crippen molar-refractivity contribution in [2.45, 2.75) is 83.2 Å². The van der Waals surface area contributed by atoms with Crippen LogP contribution in [0.2, 0.25) is 0 Å². The molecule has 2 aliphatic rings. The highest BCUT2D eigenvalue weighted by atomic mass is 19.4. The van der Waals surface area contributed by atoms with Crippen molar-refractivity contribution < 1.29 is 22.0 Å². The van der Waals surface area contributed by atoms with Gasteiger partial charge in [0, 0.05) is 11.6 Å². The van der Waals surface area contributed by atoms with E-state index in [1.165, 1.54) is 50.7 Å². The Labute approximate surface area is 182 Å². The predicted octanol–water partition coefficient (Wildman–Crippen LogP) is 8.98. The molecule has 172 valence electrons. The van der Waals surface area contributed by atoms with Crippen LogP contribution in [0.4, 0.5) is 22.0 Å². The number of hydrogen-bond donors (Lipinski definition) is 0. The predicted molar refractivity (Wildman–Crippen MR) is 116 cm³/mol. The number of hydrogen-bond acceptors (Lipinski definition) is 0. The van der Waals surface area contributed by atoms with Gasteiger partial charge in [0.15, 0.2) is 0 Å². The third-order valence-corrected chi connectivity index (χ3v) is 7.32. The molecule has 2 aliphatic carbocycles. The SMILES string of the molecule is C/C=C/CCC1CCC(C2CCC(c3cc(F)c(/C=C/C(F)(F)F)c(F)c3)CC2)CC1. The first-order valence-corrected chi connectivity index (χ1v) is 11.6. The largest absolute Gasteiger partial charge is 0.409 e. The van der Waals surface area contributed by atoms with Crippen molar-refractivity contribution in [2.75, 3.05) is 0 Å². The minimum atomic E-state index is -4.60. The summed E-state index contributed by atoms with van der Waals surface area (Å²) in [6.07, 6.45) is 11.7. The van der Waals surface area contributed by atoms with Crippen LogP contribution in [0.15, 0.2) is 30.4 Å². The lowest BCUT2D eigenvalue weighted by Crippen LogP contribution is -2.25. The Kier molecular flexibility index (Phi) is 8.35. The van der Waals surface area contributed by atoms with Crippen molar-refractivity contribution in [1.82, 2.24) is 0 Å². The molecule has 3 rings (SSSR count). The molecule has 0 nitrogen and oxygen atoms in total. The van der Waals surface area contributed by atoms with Crippen LogP contribution in [0.25, 0.3) is 6.08 Å². The molecule has 0 aliphatic heterocycles. The molecule has 0 saturated heterocycles. The van der Waals surface area contributed by atoms with Gasteiger partial charge in [0.2, 0.25) is 0 Å². The minimum absolute atomic E-state index is 0.0815. The van der Waals surface area contributed by atoms with E-state index >= 15 is 0 Å². The zero-order valence-corrected chi connectivity index (χ0v) is 18.2. The second-order valence-corrected chi connectivity index (χ2v) is 9.31. The summed E-state index contributed by atoms with van der Waals surface area (Å²) < 4.78 is 65.6. The number of allylic oxidation sites excluding steroid dienone is 3. The fraction of sp³-hybridized carbons (Fsp3) is 0.615. The maximum absolute atomic E-state index is 14.3. The average molecular weight is 441 g/mol. The smallest absolute Gasteiger partial charge is 0.206 e. The summed E-state index contributed by atoms with van der Waals surface area (Å²) in [7, 11) is 0. The van der Waals surface area contributed by atoms with E-state index < -0.39 is 23.4 Å². The van der Waals surface area contributed by atoms with E-state index in [0.717, 1.165) is 37.5 Å². The molecule has 2 saturated carbocycles. The van der Waals surface area contributed by atoms with E-state index in [-0.39, 0.29) is 12.0 Å². The molecule has 0 heterocycles. The Balaban J connectivity index is 1.52. The first kappa shape index (κ1) is 24.0. The van der Waals surface area contributed by atoms with E-state index in [4.69, 9.17) is 0 Å². The van der Waals surface area contributed by atoms with Gasteiger partial charge in [-0.05, 0) is 106 Å². The standard InChI is InChI=1S/C26H33F5/c1-2-3-4-5-18-6-8-19(9-7-18)20-10-12-21(13-11-20)22-16-24(27)23(25(28)17-22)14-15-26(29,30)31/h2-3,14-21H,4-13H2,1H3/b3-2+,15-14+. The van der Waals surface area contributed by atoms with Gasteiger partial charge < -0.3 is 0 Å². The second kappa shape index (κ2) is 10.8. The van der Waals surface area contributed by atoms with Gasteiger partial charge in [-0.3, -0.25) is 0 Å². The minimum Gasteiger partial charge on any atom is -0.206 e. The Hall–Kier alpha value is -1.65. The van der Waals surface area contributed by atoms with Crippen molar-refractivity contribution in [1.29, 1.82) is 0 Å². The van der Waals surface area contributed by atoms with Crippen LogP contribution in [0, 0.1) is 29.4 Å². The summed E-state index contributed by atoms with van der Waals surface area (Å²) in [5, 5.41) is 0. The molecule has 2 fully saturated rings. The van der Waals surface area contributed by atoms with Crippen molar-refractivity contribution in [3.63, 3.8) is 0 Å². The van der Waals surface area contributed by atoms with E-state index in [9.17, 15) is 22.0 Å². The molecule has 0 spiro atoms. The summed E-state index contributed by atoms with van der Waals surface area (Å²) in [6, 6.07) is 2.44. The van der Waals surface area contributed by atoms with Crippen LogP contribution < -0.4 is 0 Å². The van der Waals surface area contributed by atoms with Gasteiger partial charge in [-0.1, -0.05) is 25.0 Å². The van der Waals surface area contributed by atoms with Gasteiger partial charge in [-0.15, -0.1) is 0 Å². The molecule has 1 aromatic rings. The molecular formula is C26H33F5. The van der Waals surface area contributed by atoms with Crippen LogP contribution in [-0.2, 0) is 0 Å². The van der Waals surface area contributed by atoms with E-state index in [1.54, 1.807) is 0 Å². The molecular weight excluding hydrogens is 407 g/mol. The van der Waals surface area contributed by atoms with Gasteiger partial charge in [-0.25, -0.2) is 8.78 Å². The summed E-state index contributed by atoms with van der Waals surface area (Å²) in [5.41, 5.74) is -0.0498. The first-order valence-electron chi connectivity index (χ1n) is 11.6. The Morgan fingerprint density at radius 3 is 1.94 bits per heavy atom. The summed E-state index contributed by atoms with van der Waals surface area (Å²) >= 11 is 0. The van der Waals surface area contributed by atoms with Crippen molar-refractivity contribution >= 4 is 6.08 Å². The Bertz CT molecular complexity index is 737. The molecule has 0 atom stereocenters. The first-order chi connectivity index (χ1) is 14.8. The highest BCUT2D eigenvalue weighted by molar-refractivity contribution is 5.52. The summed E-state index contributed by atoms with van der Waals surface area (Å²) in [4.78, 5) is 0. The zero-order valence-electron chi connectivity index (χ0n) is 18.2. The second-order valence-electron chi connectivity index (χ2n) is 9.31. The molecule has 0 amide bonds. The molecule has 1 aromatic carbocycles. The number of alkyl halides is 3. The third-order valence-electron chi connectivity index (χ3n) is 7.32. The van der Waals surface area contributed by atoms with Crippen LogP contribution in [0.1, 0.15) is 88.2 Å². The van der Waals surface area contributed by atoms with Crippen LogP contribution in [0.3, 0.4) is 0 Å². The lowest BCUT2D eigenvalue weighted by Gasteiger charge is -2.38. The molecule has 0 bridgehead atoms. The molecule has 0 aromatic heterocycles. The van der Waals surface area contributed by atoms with Gasteiger partial charge in [0.25, 0.3) is 0 Å². The lowest BCUT2D eigenvalue weighted by atomic mass is 9.68. The number of benzene rings is 1. The van der Waals surface area contributed by atoms with E-state index in [2.05, 4.69) is 19.1 Å². The van der Waals surface area contributed by atoms with Gasteiger partial charge in [0.05, 0.1) is 0 Å². The monoisotopic (exact) mass is 440 g/mol. The Morgan fingerprint density at radius 1 is 0.871 bits per heavy atom. The normalized spacial score (nSPS) is 27.9. The van der Waals surface area contributed by atoms with Crippen molar-refractivity contribution in [2.24, 2.45) is 17.8 Å². The van der Waals surface area contributed by atoms with Gasteiger partial charge in [0.1, 0.15) is 11.6 Å². The van der Waals surface area contributed by atoms with Crippen molar-refractivity contribution in [3.8, 4) is 0 Å². The molecule has 5 heteroatoms. The van der Waals surface area contributed by atoms with Crippen LogP contribution in [-0.4, -0.2) is 6.18 Å². The maximum Gasteiger partial charge on any atom is 0.409 e. The summed E-state index contributed by atoms with van der Waals surface area (Å²) in [6.45, 7) is 2.06. The fourth-order valence-corrected chi connectivity index (χ4v) is 5.55. The third kappa shape index (κ3) is 6.92. The molecule has 0 N–H and O–H groups in total.